The fraction of sp³-hybridized carbons (Fsp3) is 0.0769. The van der Waals surface area contributed by atoms with Gasteiger partial charge >= 0.3 is 0 Å². The van der Waals surface area contributed by atoms with Gasteiger partial charge in [0.25, 0.3) is 0 Å². The van der Waals surface area contributed by atoms with Crippen molar-refractivity contribution in [2.45, 2.75) is 0 Å². The van der Waals surface area contributed by atoms with E-state index in [0.717, 1.165) is 0 Å². The minimum atomic E-state index is 0.455. The summed E-state index contributed by atoms with van der Waals surface area (Å²) < 4.78 is 5.12. The lowest BCUT2D eigenvalue weighted by atomic mass is 10.2. The third kappa shape index (κ3) is 2.53. The summed E-state index contributed by atoms with van der Waals surface area (Å²) in [4.78, 5) is 4.11. The molecule has 0 spiro atoms. The lowest BCUT2D eigenvalue weighted by Gasteiger charge is -2.10. The predicted octanol–water partition coefficient (Wildman–Crippen LogP) is 3.36. The van der Waals surface area contributed by atoms with Gasteiger partial charge in [0, 0.05) is 12.3 Å². The molecule has 4 nitrogen and oxygen atoms in total. The van der Waals surface area contributed by atoms with Crippen LogP contribution >= 0.6 is 11.6 Å². The number of nitrogens with one attached hydrogen (secondary N) is 1. The highest BCUT2D eigenvalue weighted by atomic mass is 35.5. The molecule has 0 aliphatic carbocycles. The van der Waals surface area contributed by atoms with E-state index in [4.69, 9.17) is 21.6 Å². The van der Waals surface area contributed by atoms with E-state index in [1.165, 1.54) is 0 Å². The molecule has 18 heavy (non-hydrogen) atoms. The topological polar surface area (TPSA) is 57.9 Å². The number of nitriles is 1. The molecule has 1 heterocycles. The zero-order valence-corrected chi connectivity index (χ0v) is 10.4. The molecular weight excluding hydrogens is 250 g/mol. The predicted molar refractivity (Wildman–Crippen MR) is 70.2 cm³/mol. The molecule has 1 aromatic carbocycles. The highest BCUT2D eigenvalue weighted by Gasteiger charge is 2.07. The molecule has 0 atom stereocenters. The summed E-state index contributed by atoms with van der Waals surface area (Å²) in [5.41, 5.74) is 1.10. The lowest BCUT2D eigenvalue weighted by Crippen LogP contribution is -1.97. The van der Waals surface area contributed by atoms with E-state index in [1.54, 1.807) is 43.6 Å². The van der Waals surface area contributed by atoms with E-state index in [9.17, 15) is 0 Å². The molecule has 0 unspecified atom stereocenters. The standard InChI is InChI=1S/C13H10ClN3O/c1-18-10-4-5-11(14)12(7-10)17-13-9(8-15)3-2-6-16-13/h2-7H,1H3,(H,16,17). The van der Waals surface area contributed by atoms with E-state index in [2.05, 4.69) is 16.4 Å². The summed E-state index contributed by atoms with van der Waals surface area (Å²) in [6.07, 6.45) is 1.61. The molecule has 2 aromatic rings. The summed E-state index contributed by atoms with van der Waals surface area (Å²) in [5, 5.41) is 12.5. The van der Waals surface area contributed by atoms with Gasteiger partial charge < -0.3 is 10.1 Å². The Labute approximate surface area is 110 Å². The van der Waals surface area contributed by atoms with Crippen LogP contribution in [0.25, 0.3) is 0 Å². The van der Waals surface area contributed by atoms with Crippen molar-refractivity contribution in [3.63, 3.8) is 0 Å². The van der Waals surface area contributed by atoms with E-state index in [-0.39, 0.29) is 0 Å². The zero-order chi connectivity index (χ0) is 13.0. The number of hydrogen-bond donors (Lipinski definition) is 1. The molecule has 0 aliphatic rings. The molecule has 1 aromatic heterocycles. The average Bonchev–Trinajstić information content (AvgIpc) is 2.42. The van der Waals surface area contributed by atoms with Crippen molar-refractivity contribution in [1.29, 1.82) is 5.26 Å². The first kappa shape index (κ1) is 12.2. The Bertz CT molecular complexity index is 607. The summed E-state index contributed by atoms with van der Waals surface area (Å²) in [7, 11) is 1.58. The molecule has 0 saturated heterocycles. The zero-order valence-electron chi connectivity index (χ0n) is 9.64. The first-order chi connectivity index (χ1) is 8.74. The van der Waals surface area contributed by atoms with Gasteiger partial charge in [-0.2, -0.15) is 5.26 Å². The Kier molecular flexibility index (Phi) is 3.66. The minimum Gasteiger partial charge on any atom is -0.497 e. The molecule has 0 saturated carbocycles. The van der Waals surface area contributed by atoms with Crippen LogP contribution in [0.5, 0.6) is 5.75 Å². The van der Waals surface area contributed by atoms with E-state index in [0.29, 0.717) is 27.8 Å². The van der Waals surface area contributed by atoms with E-state index < -0.39 is 0 Å². The third-order valence-electron chi connectivity index (χ3n) is 2.35. The Morgan fingerprint density at radius 1 is 1.39 bits per heavy atom. The summed E-state index contributed by atoms with van der Waals surface area (Å²) in [6, 6.07) is 10.7. The van der Waals surface area contributed by atoms with Crippen molar-refractivity contribution in [3.8, 4) is 11.8 Å². The number of pyridine rings is 1. The van der Waals surface area contributed by atoms with E-state index in [1.807, 2.05) is 0 Å². The number of anilines is 2. The number of rotatable bonds is 3. The van der Waals surface area contributed by atoms with Gasteiger partial charge in [-0.25, -0.2) is 4.98 Å². The fourth-order valence-electron chi connectivity index (χ4n) is 1.45. The normalized spacial score (nSPS) is 9.61. The molecular formula is C13H10ClN3O. The Balaban J connectivity index is 2.37. The number of aromatic nitrogens is 1. The molecule has 0 radical (unpaired) electrons. The first-order valence-corrected chi connectivity index (χ1v) is 5.58. The largest absolute Gasteiger partial charge is 0.497 e. The van der Waals surface area contributed by atoms with Crippen LogP contribution in [0.4, 0.5) is 11.5 Å². The van der Waals surface area contributed by atoms with Gasteiger partial charge in [0.1, 0.15) is 17.6 Å². The van der Waals surface area contributed by atoms with Crippen LogP contribution in [-0.2, 0) is 0 Å². The molecule has 90 valence electrons. The van der Waals surface area contributed by atoms with Crippen LogP contribution in [0.1, 0.15) is 5.56 Å². The molecule has 0 fully saturated rings. The van der Waals surface area contributed by atoms with Crippen LogP contribution < -0.4 is 10.1 Å². The highest BCUT2D eigenvalue weighted by molar-refractivity contribution is 6.33. The van der Waals surface area contributed by atoms with Crippen LogP contribution in [0.3, 0.4) is 0 Å². The molecule has 0 amide bonds. The van der Waals surface area contributed by atoms with E-state index >= 15 is 0 Å². The third-order valence-corrected chi connectivity index (χ3v) is 2.68. The lowest BCUT2D eigenvalue weighted by molar-refractivity contribution is 0.415. The molecule has 0 bridgehead atoms. The molecule has 2 rings (SSSR count). The SMILES string of the molecule is COc1ccc(Cl)c(Nc2ncccc2C#N)c1. The maximum absolute atomic E-state index is 8.98. The van der Waals surface area contributed by atoms with Gasteiger partial charge in [0.05, 0.1) is 23.4 Å². The Morgan fingerprint density at radius 3 is 2.94 bits per heavy atom. The first-order valence-electron chi connectivity index (χ1n) is 5.20. The van der Waals surface area contributed by atoms with Gasteiger partial charge in [0.2, 0.25) is 0 Å². The van der Waals surface area contributed by atoms with Gasteiger partial charge in [-0.15, -0.1) is 0 Å². The minimum absolute atomic E-state index is 0.455. The monoisotopic (exact) mass is 259 g/mol. The summed E-state index contributed by atoms with van der Waals surface area (Å²) in [5.74, 6) is 1.14. The fourth-order valence-corrected chi connectivity index (χ4v) is 1.61. The molecule has 5 heteroatoms. The number of hydrogen-bond acceptors (Lipinski definition) is 4. The molecule has 0 aliphatic heterocycles. The number of halogens is 1. The van der Waals surface area contributed by atoms with Gasteiger partial charge in [-0.05, 0) is 24.3 Å². The summed E-state index contributed by atoms with van der Waals surface area (Å²) in [6.45, 7) is 0. The number of ether oxygens (including phenoxy) is 1. The number of benzene rings is 1. The van der Waals surface area contributed by atoms with Crippen molar-refractivity contribution in [1.82, 2.24) is 4.98 Å². The Hall–Kier alpha value is -2.25. The second-order valence-corrected chi connectivity index (χ2v) is 3.89. The Morgan fingerprint density at radius 2 is 2.22 bits per heavy atom. The average molecular weight is 260 g/mol. The van der Waals surface area contributed by atoms with Crippen molar-refractivity contribution >= 4 is 23.1 Å². The van der Waals surface area contributed by atoms with Crippen LogP contribution in [-0.4, -0.2) is 12.1 Å². The second kappa shape index (κ2) is 5.39. The maximum Gasteiger partial charge on any atom is 0.148 e. The highest BCUT2D eigenvalue weighted by Crippen LogP contribution is 2.29. The van der Waals surface area contributed by atoms with Gasteiger partial charge in [0.15, 0.2) is 0 Å². The summed E-state index contributed by atoms with van der Waals surface area (Å²) >= 11 is 6.07. The van der Waals surface area contributed by atoms with Gasteiger partial charge in [-0.3, -0.25) is 0 Å². The quantitative estimate of drug-likeness (QED) is 0.918. The van der Waals surface area contributed by atoms with Crippen molar-refractivity contribution in [2.24, 2.45) is 0 Å². The van der Waals surface area contributed by atoms with Crippen molar-refractivity contribution < 1.29 is 4.74 Å². The van der Waals surface area contributed by atoms with Gasteiger partial charge in [-0.1, -0.05) is 11.6 Å². The maximum atomic E-state index is 8.98. The van der Waals surface area contributed by atoms with Crippen LogP contribution in [0, 0.1) is 11.3 Å². The van der Waals surface area contributed by atoms with Crippen molar-refractivity contribution in [3.05, 3.63) is 47.1 Å². The van der Waals surface area contributed by atoms with Crippen molar-refractivity contribution in [2.75, 3.05) is 12.4 Å². The second-order valence-electron chi connectivity index (χ2n) is 3.48. The number of methoxy groups -OCH3 is 1. The van der Waals surface area contributed by atoms with Crippen LogP contribution in [0.15, 0.2) is 36.5 Å². The smallest absolute Gasteiger partial charge is 0.148 e. The number of nitrogens with zero attached hydrogens (tertiary/aromatic N) is 2. The molecule has 1 N–H and O–H groups in total. The van der Waals surface area contributed by atoms with Crippen LogP contribution in [0.2, 0.25) is 5.02 Å².